The van der Waals surface area contributed by atoms with Crippen LogP contribution in [-0.4, -0.2) is 66.8 Å². The molecule has 0 saturated carbocycles. The predicted molar refractivity (Wildman–Crippen MR) is 62.4 cm³/mol. The van der Waals surface area contributed by atoms with Crippen molar-refractivity contribution in [1.82, 2.24) is 4.90 Å². The lowest BCUT2D eigenvalue weighted by Gasteiger charge is -2.23. The van der Waals surface area contributed by atoms with Crippen LogP contribution in [0.5, 0.6) is 0 Å². The second-order valence-electron chi connectivity index (χ2n) is 3.88. The molecule has 18 heavy (non-hydrogen) atoms. The van der Waals surface area contributed by atoms with Crippen molar-refractivity contribution in [3.05, 3.63) is 0 Å². The van der Waals surface area contributed by atoms with Crippen LogP contribution in [0.15, 0.2) is 0 Å². The molecule has 0 radical (unpaired) electrons. The Morgan fingerprint density at radius 2 is 1.28 bits per heavy atom. The van der Waals surface area contributed by atoms with Crippen LogP contribution in [0.2, 0.25) is 6.04 Å². The first-order valence-electron chi connectivity index (χ1n) is 4.77. The Bertz CT molecular complexity index is 321. The average Bonchev–Trinajstić information content (AvgIpc) is 1.93. The fourth-order valence-electron chi connectivity index (χ4n) is 1.25. The monoisotopic (exact) mass is 325 g/mol. The minimum Gasteiger partial charge on any atom is -0.390 e. The van der Waals surface area contributed by atoms with E-state index >= 15 is 0 Å². The largest absolute Gasteiger partial charge is 0.492 e. The molecule has 0 spiro atoms. The van der Waals surface area contributed by atoms with Gasteiger partial charge in [-0.15, -0.1) is 0 Å². The summed E-state index contributed by atoms with van der Waals surface area (Å²) in [6.07, 6.45) is -1.76. The summed E-state index contributed by atoms with van der Waals surface area (Å²) in [7, 11) is -13.2. The SMILES string of the molecule is O=P(O)(O)CN(CCC[Si](O)(O)O)CP(=O)(O)O. The highest BCUT2D eigenvalue weighted by atomic mass is 31.2. The molecule has 13 heteroatoms. The van der Waals surface area contributed by atoms with Gasteiger partial charge in [0.1, 0.15) is 12.6 Å². The van der Waals surface area contributed by atoms with Gasteiger partial charge in [0, 0.05) is 6.04 Å². The maximum atomic E-state index is 10.7. The number of rotatable bonds is 8. The van der Waals surface area contributed by atoms with Gasteiger partial charge >= 0.3 is 24.0 Å². The molecule has 0 amide bonds. The smallest absolute Gasteiger partial charge is 0.390 e. The second kappa shape index (κ2) is 6.68. The van der Waals surface area contributed by atoms with E-state index in [0.29, 0.717) is 0 Å². The lowest BCUT2D eigenvalue weighted by molar-refractivity contribution is 0.221. The Labute approximate surface area is 104 Å². The molecule has 0 bridgehead atoms. The summed E-state index contributed by atoms with van der Waals surface area (Å²) in [5.41, 5.74) is 0. The molecule has 0 rings (SSSR count). The van der Waals surface area contributed by atoms with Crippen LogP contribution in [0.1, 0.15) is 6.42 Å². The molecular formula is C5H17NO9P2Si. The predicted octanol–water partition coefficient (Wildman–Crippen LogP) is -2.14. The molecule has 10 nitrogen and oxygen atoms in total. The molecule has 0 fully saturated rings. The number of hydrogen-bond acceptors (Lipinski definition) is 6. The van der Waals surface area contributed by atoms with Crippen LogP contribution < -0.4 is 0 Å². The molecule has 0 aliphatic rings. The van der Waals surface area contributed by atoms with Gasteiger partial charge in [0.2, 0.25) is 0 Å². The lowest BCUT2D eigenvalue weighted by atomic mass is 10.4. The maximum absolute atomic E-state index is 10.7. The first-order valence-corrected chi connectivity index (χ1v) is 10.4. The Hall–Kier alpha value is 0.357. The van der Waals surface area contributed by atoms with Gasteiger partial charge in [-0.3, -0.25) is 14.0 Å². The highest BCUT2D eigenvalue weighted by Gasteiger charge is 2.29. The zero-order chi connectivity index (χ0) is 14.6. The van der Waals surface area contributed by atoms with Crippen molar-refractivity contribution >= 4 is 24.0 Å². The summed E-state index contributed by atoms with van der Waals surface area (Å²) in [5.74, 6) is 0. The zero-order valence-electron chi connectivity index (χ0n) is 9.32. The summed E-state index contributed by atoms with van der Waals surface area (Å²) in [5, 5.41) is 0. The summed E-state index contributed by atoms with van der Waals surface area (Å²) >= 11 is 0. The van der Waals surface area contributed by atoms with Crippen molar-refractivity contribution in [1.29, 1.82) is 0 Å². The minimum absolute atomic E-state index is 0.0598. The molecule has 7 N–H and O–H groups in total. The minimum atomic E-state index is -4.48. The Balaban J connectivity index is 4.40. The molecule has 110 valence electrons. The fraction of sp³-hybridized carbons (Fsp3) is 1.00. The fourth-order valence-corrected chi connectivity index (χ4v) is 3.56. The van der Waals surface area contributed by atoms with Crippen molar-refractivity contribution in [3.63, 3.8) is 0 Å². The van der Waals surface area contributed by atoms with Crippen LogP contribution in [0, 0.1) is 0 Å². The van der Waals surface area contributed by atoms with E-state index in [-0.39, 0.29) is 19.0 Å². The van der Waals surface area contributed by atoms with Gasteiger partial charge in [0.15, 0.2) is 0 Å². The Kier molecular flexibility index (Phi) is 6.82. The molecule has 0 aliphatic heterocycles. The van der Waals surface area contributed by atoms with Crippen LogP contribution in [-0.2, 0) is 9.13 Å². The highest BCUT2D eigenvalue weighted by molar-refractivity contribution is 7.52. The van der Waals surface area contributed by atoms with Crippen molar-refractivity contribution in [2.24, 2.45) is 0 Å². The van der Waals surface area contributed by atoms with E-state index in [4.69, 9.17) is 34.0 Å². The molecule has 0 aromatic carbocycles. The molecule has 0 unspecified atom stereocenters. The summed E-state index contributed by atoms with van der Waals surface area (Å²) in [6, 6.07) is -0.383. The van der Waals surface area contributed by atoms with Gasteiger partial charge in [-0.2, -0.15) is 0 Å². The van der Waals surface area contributed by atoms with E-state index in [1.807, 2.05) is 0 Å². The van der Waals surface area contributed by atoms with Crippen LogP contribution in [0.3, 0.4) is 0 Å². The van der Waals surface area contributed by atoms with Crippen molar-refractivity contribution < 1.29 is 43.1 Å². The Morgan fingerprint density at radius 1 is 0.889 bits per heavy atom. The van der Waals surface area contributed by atoms with Crippen LogP contribution in [0.4, 0.5) is 0 Å². The van der Waals surface area contributed by atoms with Crippen molar-refractivity contribution in [3.8, 4) is 0 Å². The van der Waals surface area contributed by atoms with Crippen LogP contribution in [0.25, 0.3) is 0 Å². The molecule has 0 atom stereocenters. The van der Waals surface area contributed by atoms with Crippen LogP contribution >= 0.6 is 15.2 Å². The van der Waals surface area contributed by atoms with E-state index in [0.717, 1.165) is 4.90 Å². The average molecular weight is 325 g/mol. The van der Waals surface area contributed by atoms with E-state index < -0.39 is 36.6 Å². The summed E-state index contributed by atoms with van der Waals surface area (Å²) in [6.45, 7) is -0.188. The van der Waals surface area contributed by atoms with Gasteiger partial charge in [-0.25, -0.2) is 0 Å². The van der Waals surface area contributed by atoms with E-state index in [9.17, 15) is 9.13 Å². The third kappa shape index (κ3) is 12.8. The Morgan fingerprint density at radius 3 is 1.56 bits per heavy atom. The molecule has 0 aliphatic carbocycles. The lowest BCUT2D eigenvalue weighted by Crippen LogP contribution is -2.36. The van der Waals surface area contributed by atoms with Gasteiger partial charge in [-0.1, -0.05) is 0 Å². The molecular weight excluding hydrogens is 308 g/mol. The van der Waals surface area contributed by atoms with Crippen molar-refractivity contribution in [2.45, 2.75) is 12.5 Å². The molecule has 0 heterocycles. The quantitative estimate of drug-likeness (QED) is 0.192. The van der Waals surface area contributed by atoms with Gasteiger partial charge < -0.3 is 34.0 Å². The molecule has 0 saturated heterocycles. The van der Waals surface area contributed by atoms with Gasteiger partial charge in [0.05, 0.1) is 0 Å². The molecule has 0 aromatic rings. The molecule has 0 aromatic heterocycles. The van der Waals surface area contributed by atoms with Gasteiger partial charge in [-0.05, 0) is 13.0 Å². The van der Waals surface area contributed by atoms with Gasteiger partial charge in [0.25, 0.3) is 0 Å². The standard InChI is InChI=1S/C5H17NO9P2Si/c7-16(8,9)4-6(5-17(10,11)12)2-1-3-18(13,14)15/h13-15H,1-5H2,(H2,7,8,9)(H2,10,11,12). The summed E-state index contributed by atoms with van der Waals surface area (Å²) < 4.78 is 21.5. The normalized spacial score (nSPS) is 14.2. The maximum Gasteiger partial charge on any atom is 0.492 e. The van der Waals surface area contributed by atoms with E-state index in [1.54, 1.807) is 0 Å². The first kappa shape index (κ1) is 18.4. The summed E-state index contributed by atoms with van der Waals surface area (Å²) in [4.78, 5) is 61.9. The number of hydrogen-bond donors (Lipinski definition) is 7. The topological polar surface area (TPSA) is 179 Å². The number of nitrogens with zero attached hydrogens (tertiary/aromatic N) is 1. The first-order chi connectivity index (χ1) is 7.79. The highest BCUT2D eigenvalue weighted by Crippen LogP contribution is 2.40. The van der Waals surface area contributed by atoms with E-state index in [1.165, 1.54) is 0 Å². The zero-order valence-corrected chi connectivity index (χ0v) is 12.1. The van der Waals surface area contributed by atoms with E-state index in [2.05, 4.69) is 0 Å². The third-order valence-corrected chi connectivity index (χ3v) is 4.32. The van der Waals surface area contributed by atoms with Crippen molar-refractivity contribution in [2.75, 3.05) is 19.1 Å². The second-order valence-corrected chi connectivity index (χ2v) is 9.16. The third-order valence-electron chi connectivity index (χ3n) is 1.75.